The van der Waals surface area contributed by atoms with E-state index in [0.717, 1.165) is 32.6 Å². The zero-order chi connectivity index (χ0) is 17.0. The minimum Gasteiger partial charge on any atom is -0.291 e. The highest BCUT2D eigenvalue weighted by Gasteiger charge is 2.17. The topological polar surface area (TPSA) is 52.2 Å². The lowest BCUT2D eigenvalue weighted by Gasteiger charge is -2.15. The van der Waals surface area contributed by atoms with Crippen LogP contribution in [0.25, 0.3) is 22.4 Å². The first-order chi connectivity index (χ1) is 11.5. The number of benzene rings is 1. The van der Waals surface area contributed by atoms with Crippen LogP contribution in [-0.4, -0.2) is 18.9 Å². The number of hydrogen-bond acceptors (Lipinski definition) is 3. The molecule has 0 radical (unpaired) electrons. The average molecular weight is 404 g/mol. The number of halogens is 2. The Kier molecular flexibility index (Phi) is 3.47. The monoisotopic (exact) mass is 402 g/mol. The Balaban J connectivity index is 2.32. The molecule has 0 bridgehead atoms. The molecule has 0 saturated carbocycles. The molecule has 0 fully saturated rings. The van der Waals surface area contributed by atoms with Crippen molar-refractivity contribution in [3.05, 3.63) is 67.9 Å². The molecule has 3 heterocycles. The van der Waals surface area contributed by atoms with E-state index in [-0.39, 0.29) is 5.56 Å². The van der Waals surface area contributed by atoms with Crippen LogP contribution in [0.4, 0.5) is 0 Å². The van der Waals surface area contributed by atoms with Crippen molar-refractivity contribution in [1.82, 2.24) is 18.9 Å². The smallest absolute Gasteiger partial charge is 0.291 e. The summed E-state index contributed by atoms with van der Waals surface area (Å²) in [7, 11) is 0. The minimum absolute atomic E-state index is 0.194. The van der Waals surface area contributed by atoms with Crippen molar-refractivity contribution in [2.75, 3.05) is 0 Å². The molecule has 0 unspecified atom stereocenters. The highest BCUT2D eigenvalue weighted by atomic mass is 79.9. The Morgan fingerprint density at radius 2 is 1.96 bits per heavy atom. The number of rotatable bonds is 1. The molecule has 0 aliphatic carbocycles. The molecule has 0 spiro atoms. The van der Waals surface area contributed by atoms with Crippen LogP contribution in [0.2, 0.25) is 5.02 Å². The number of fused-ring (bicyclic) bond motifs is 3. The first-order valence-electron chi connectivity index (χ1n) is 7.29. The number of pyridine rings is 1. The fraction of sp³-hybridized carbons (Fsp3) is 0.118. The molecular weight excluding hydrogens is 392 g/mol. The summed E-state index contributed by atoms with van der Waals surface area (Å²) in [6.07, 6.45) is 3.39. The van der Waals surface area contributed by atoms with Crippen molar-refractivity contribution in [2.45, 2.75) is 13.8 Å². The van der Waals surface area contributed by atoms with Crippen LogP contribution in [0.15, 0.2) is 45.9 Å². The van der Waals surface area contributed by atoms with E-state index in [4.69, 9.17) is 11.6 Å². The van der Waals surface area contributed by atoms with Gasteiger partial charge in [-0.25, -0.2) is 4.98 Å². The third kappa shape index (κ3) is 2.10. The molecular formula is C17H12BrClN4O. The van der Waals surface area contributed by atoms with Gasteiger partial charge in [0, 0.05) is 22.6 Å². The number of nitrogens with zero attached hydrogens (tertiary/aromatic N) is 4. The third-order valence-corrected chi connectivity index (χ3v) is 5.25. The maximum absolute atomic E-state index is 13.1. The van der Waals surface area contributed by atoms with Crippen LogP contribution in [0.1, 0.15) is 11.4 Å². The van der Waals surface area contributed by atoms with E-state index in [1.807, 2.05) is 42.5 Å². The second-order valence-corrected chi connectivity index (χ2v) is 6.82. The van der Waals surface area contributed by atoms with Gasteiger partial charge < -0.3 is 0 Å². The lowest BCUT2D eigenvalue weighted by Crippen LogP contribution is -2.23. The van der Waals surface area contributed by atoms with Crippen LogP contribution >= 0.6 is 27.5 Å². The molecule has 0 saturated heterocycles. The van der Waals surface area contributed by atoms with Crippen molar-refractivity contribution in [1.29, 1.82) is 0 Å². The zero-order valence-corrected chi connectivity index (χ0v) is 15.3. The largest absolute Gasteiger partial charge is 0.299 e. The molecule has 7 heteroatoms. The Morgan fingerprint density at radius 3 is 2.71 bits per heavy atom. The molecule has 0 atom stereocenters. The number of aromatic nitrogens is 4. The lowest BCUT2D eigenvalue weighted by molar-refractivity contribution is 0.974. The normalized spacial score (nSPS) is 11.5. The highest BCUT2D eigenvalue weighted by molar-refractivity contribution is 9.10. The quantitative estimate of drug-likeness (QED) is 0.481. The van der Waals surface area contributed by atoms with Crippen molar-refractivity contribution >= 4 is 44.2 Å². The van der Waals surface area contributed by atoms with Gasteiger partial charge in [-0.2, -0.15) is 0 Å². The van der Waals surface area contributed by atoms with E-state index >= 15 is 0 Å². The predicted molar refractivity (Wildman–Crippen MR) is 98.3 cm³/mol. The number of aryl methyl sites for hydroxylation is 2. The minimum atomic E-state index is -0.194. The van der Waals surface area contributed by atoms with Gasteiger partial charge in [0.2, 0.25) is 5.65 Å². The number of imidazole rings is 1. The van der Waals surface area contributed by atoms with Crippen molar-refractivity contribution in [2.24, 2.45) is 0 Å². The van der Waals surface area contributed by atoms with Crippen LogP contribution < -0.4 is 5.56 Å². The van der Waals surface area contributed by atoms with E-state index in [0.29, 0.717) is 10.7 Å². The van der Waals surface area contributed by atoms with Gasteiger partial charge in [0.05, 0.1) is 27.4 Å². The molecule has 0 aliphatic rings. The summed E-state index contributed by atoms with van der Waals surface area (Å²) in [4.78, 5) is 21.7. The summed E-state index contributed by atoms with van der Waals surface area (Å²) < 4.78 is 4.20. The molecule has 4 rings (SSSR count). The first-order valence-corrected chi connectivity index (χ1v) is 8.46. The van der Waals surface area contributed by atoms with Gasteiger partial charge in [-0.15, -0.1) is 0 Å². The molecule has 0 amide bonds. The molecule has 4 aromatic rings. The summed E-state index contributed by atoms with van der Waals surface area (Å²) in [5.74, 6) is 0. The Bertz CT molecular complexity index is 1180. The standard InChI is InChI=1S/C17H12BrClN4O/c1-9-8-21-16-17(24)23(13-4-3-5-20-10(13)2)14-6-11(18)12(19)7-15(14)22(9)16/h3-8H,1-2H3. The second kappa shape index (κ2) is 5.43. The second-order valence-electron chi connectivity index (χ2n) is 5.56. The first kappa shape index (κ1) is 15.4. The fourth-order valence-electron chi connectivity index (χ4n) is 2.94. The van der Waals surface area contributed by atoms with Gasteiger partial charge in [0.25, 0.3) is 5.56 Å². The van der Waals surface area contributed by atoms with Gasteiger partial charge in [-0.05, 0) is 54.0 Å². The van der Waals surface area contributed by atoms with Crippen LogP contribution in [0.5, 0.6) is 0 Å². The molecule has 3 aromatic heterocycles. The zero-order valence-electron chi connectivity index (χ0n) is 12.9. The maximum atomic E-state index is 13.1. The SMILES string of the molecule is Cc1ncccc1-n1c(=O)c2ncc(C)n2c2cc(Cl)c(Br)cc21. The van der Waals surface area contributed by atoms with Crippen molar-refractivity contribution < 1.29 is 0 Å². The average Bonchev–Trinajstić information content (AvgIpc) is 2.94. The van der Waals surface area contributed by atoms with E-state index in [2.05, 4.69) is 25.9 Å². The molecule has 0 N–H and O–H groups in total. The molecule has 1 aromatic carbocycles. The van der Waals surface area contributed by atoms with Gasteiger partial charge in [-0.1, -0.05) is 11.6 Å². The van der Waals surface area contributed by atoms with Gasteiger partial charge in [-0.3, -0.25) is 18.7 Å². The van der Waals surface area contributed by atoms with Crippen molar-refractivity contribution in [3.8, 4) is 5.69 Å². The number of hydrogen-bond donors (Lipinski definition) is 0. The Hall–Kier alpha value is -2.18. The lowest BCUT2D eigenvalue weighted by atomic mass is 10.2. The molecule has 24 heavy (non-hydrogen) atoms. The summed E-state index contributed by atoms with van der Waals surface area (Å²) in [6, 6.07) is 7.37. The van der Waals surface area contributed by atoms with Gasteiger partial charge >= 0.3 is 0 Å². The van der Waals surface area contributed by atoms with Crippen LogP contribution in [0.3, 0.4) is 0 Å². The van der Waals surface area contributed by atoms with Crippen molar-refractivity contribution in [3.63, 3.8) is 0 Å². The van der Waals surface area contributed by atoms with Gasteiger partial charge in [0.1, 0.15) is 0 Å². The molecule has 5 nitrogen and oxygen atoms in total. The maximum Gasteiger partial charge on any atom is 0.299 e. The van der Waals surface area contributed by atoms with Crippen LogP contribution in [-0.2, 0) is 0 Å². The molecule has 120 valence electrons. The Labute approximate surface area is 150 Å². The van der Waals surface area contributed by atoms with Gasteiger partial charge in [0.15, 0.2) is 0 Å². The Morgan fingerprint density at radius 1 is 1.17 bits per heavy atom. The predicted octanol–water partition coefficient (Wildman–Crippen LogP) is 4.07. The summed E-state index contributed by atoms with van der Waals surface area (Å²) in [6.45, 7) is 3.79. The van der Waals surface area contributed by atoms with E-state index in [1.54, 1.807) is 17.0 Å². The fourth-order valence-corrected chi connectivity index (χ4v) is 3.43. The van der Waals surface area contributed by atoms with E-state index < -0.39 is 0 Å². The summed E-state index contributed by atoms with van der Waals surface area (Å²) in [5, 5.41) is 0.574. The third-order valence-electron chi connectivity index (χ3n) is 4.05. The summed E-state index contributed by atoms with van der Waals surface area (Å²) in [5.41, 5.74) is 4.09. The highest BCUT2D eigenvalue weighted by Crippen LogP contribution is 2.30. The molecule has 0 aliphatic heterocycles. The van der Waals surface area contributed by atoms with E-state index in [1.165, 1.54) is 0 Å². The summed E-state index contributed by atoms with van der Waals surface area (Å²) >= 11 is 9.75. The van der Waals surface area contributed by atoms with Crippen LogP contribution in [0, 0.1) is 13.8 Å². The van der Waals surface area contributed by atoms with E-state index in [9.17, 15) is 4.79 Å².